The minimum absolute atomic E-state index is 0.260. The first-order chi connectivity index (χ1) is 12.7. The largest absolute Gasteiger partial charge is 0.380 e. The molecule has 5 nitrogen and oxygen atoms in total. The van der Waals surface area contributed by atoms with Gasteiger partial charge in [0, 0.05) is 24.8 Å². The summed E-state index contributed by atoms with van der Waals surface area (Å²) in [6.07, 6.45) is 0.588. The van der Waals surface area contributed by atoms with Gasteiger partial charge in [0.25, 0.3) is 0 Å². The molecule has 0 bridgehead atoms. The first kappa shape index (κ1) is 25.1. The lowest BCUT2D eigenvalue weighted by atomic mass is 9.99. The fourth-order valence-corrected chi connectivity index (χ4v) is 5.62. The van der Waals surface area contributed by atoms with E-state index < -0.39 is 15.6 Å². The van der Waals surface area contributed by atoms with E-state index in [1.165, 1.54) is 0 Å². The van der Waals surface area contributed by atoms with Gasteiger partial charge in [-0.2, -0.15) is 4.31 Å². The van der Waals surface area contributed by atoms with Crippen molar-refractivity contribution in [1.82, 2.24) is 4.31 Å². The molecule has 0 saturated carbocycles. The number of aryl methyl sites for hydroxylation is 2. The van der Waals surface area contributed by atoms with Crippen LogP contribution in [0.2, 0.25) is 0 Å². The highest BCUT2D eigenvalue weighted by Gasteiger charge is 2.41. The van der Waals surface area contributed by atoms with Crippen LogP contribution in [0.3, 0.4) is 0 Å². The zero-order valence-corrected chi connectivity index (χ0v) is 19.9. The number of ether oxygens (including phenoxy) is 2. The summed E-state index contributed by atoms with van der Waals surface area (Å²) in [4.78, 5) is 0.362. The van der Waals surface area contributed by atoms with Gasteiger partial charge in [0.1, 0.15) is 0 Å². The Morgan fingerprint density at radius 1 is 1.11 bits per heavy atom. The second-order valence-electron chi connectivity index (χ2n) is 9.10. The van der Waals surface area contributed by atoms with Gasteiger partial charge in [-0.15, -0.1) is 0 Å². The summed E-state index contributed by atoms with van der Waals surface area (Å²) in [6, 6.07) is 5.26. The number of hydrogen-bond acceptors (Lipinski definition) is 4. The fourth-order valence-electron chi connectivity index (χ4n) is 3.32. The summed E-state index contributed by atoms with van der Waals surface area (Å²) in [5.41, 5.74) is 0.789. The molecule has 1 atom stereocenters. The van der Waals surface area contributed by atoms with Crippen LogP contribution in [0.15, 0.2) is 23.1 Å². The number of benzene rings is 1. The third-order valence-corrected chi connectivity index (χ3v) is 7.06. The smallest absolute Gasteiger partial charge is 0.244 e. The van der Waals surface area contributed by atoms with E-state index >= 15 is 0 Å². The summed E-state index contributed by atoms with van der Waals surface area (Å²) in [7, 11) is -3.71. The average molecular weight is 414 g/mol. The lowest BCUT2D eigenvalue weighted by molar-refractivity contribution is -0.0216. The summed E-state index contributed by atoms with van der Waals surface area (Å²) in [5, 5.41) is 0. The van der Waals surface area contributed by atoms with Crippen LogP contribution in [0.5, 0.6) is 0 Å². The van der Waals surface area contributed by atoms with Crippen LogP contribution in [0.1, 0.15) is 66.0 Å². The second kappa shape index (κ2) is 9.70. The normalized spacial score (nSPS) is 14.5. The Kier molecular flexibility index (Phi) is 8.69. The zero-order chi connectivity index (χ0) is 21.8. The molecule has 0 fully saturated rings. The maximum atomic E-state index is 13.7. The standard InChI is InChI=1S/C22H39NO4S/c1-10-26-16-19(4)23(22(8,9)13-14-27-21(5,6)7)28(24,25)20-15-17(2)11-12-18(20)3/h11-12,15,19H,10,13-14,16H2,1-9H3. The van der Waals surface area contributed by atoms with Crippen molar-refractivity contribution in [2.45, 2.75) is 90.8 Å². The molecule has 0 radical (unpaired) electrons. The Balaban J connectivity index is 3.32. The van der Waals surface area contributed by atoms with E-state index in [2.05, 4.69) is 0 Å². The molecule has 0 aliphatic heterocycles. The van der Waals surface area contributed by atoms with Gasteiger partial charge in [0.15, 0.2) is 0 Å². The second-order valence-corrected chi connectivity index (χ2v) is 10.9. The van der Waals surface area contributed by atoms with Crippen molar-refractivity contribution in [2.75, 3.05) is 19.8 Å². The molecule has 1 rings (SSSR count). The molecular formula is C22H39NO4S. The summed E-state index contributed by atoms with van der Waals surface area (Å²) in [6.45, 7) is 18.9. The molecule has 6 heteroatoms. The summed E-state index contributed by atoms with van der Waals surface area (Å²) in [5.74, 6) is 0. The molecule has 0 aliphatic rings. The van der Waals surface area contributed by atoms with Crippen LogP contribution in [0.4, 0.5) is 0 Å². The first-order valence-electron chi connectivity index (χ1n) is 10.1. The molecule has 1 aromatic carbocycles. The SMILES string of the molecule is CCOCC(C)N(C(C)(C)CCOC(C)(C)C)S(=O)(=O)c1cc(C)ccc1C. The van der Waals surface area contributed by atoms with E-state index in [0.717, 1.165) is 11.1 Å². The Morgan fingerprint density at radius 2 is 1.71 bits per heavy atom. The lowest BCUT2D eigenvalue weighted by Gasteiger charge is -2.42. The van der Waals surface area contributed by atoms with E-state index in [4.69, 9.17) is 9.47 Å². The Labute approximate surface area is 172 Å². The molecule has 0 spiro atoms. The maximum absolute atomic E-state index is 13.7. The van der Waals surface area contributed by atoms with Crippen molar-refractivity contribution in [2.24, 2.45) is 0 Å². The van der Waals surface area contributed by atoms with Gasteiger partial charge in [-0.1, -0.05) is 12.1 Å². The van der Waals surface area contributed by atoms with Crippen molar-refractivity contribution in [3.05, 3.63) is 29.3 Å². The number of sulfonamides is 1. The number of hydrogen-bond donors (Lipinski definition) is 0. The van der Waals surface area contributed by atoms with Gasteiger partial charge in [-0.25, -0.2) is 8.42 Å². The molecule has 28 heavy (non-hydrogen) atoms. The summed E-state index contributed by atoms with van der Waals surface area (Å²) >= 11 is 0. The highest BCUT2D eigenvalue weighted by Crippen LogP contribution is 2.32. The number of rotatable bonds is 10. The van der Waals surface area contributed by atoms with Crippen molar-refractivity contribution >= 4 is 10.0 Å². The highest BCUT2D eigenvalue weighted by atomic mass is 32.2. The lowest BCUT2D eigenvalue weighted by Crippen LogP contribution is -2.54. The number of nitrogens with zero attached hydrogens (tertiary/aromatic N) is 1. The average Bonchev–Trinajstić information content (AvgIpc) is 2.53. The zero-order valence-electron chi connectivity index (χ0n) is 19.1. The molecule has 0 N–H and O–H groups in total. The van der Waals surface area contributed by atoms with E-state index in [-0.39, 0.29) is 11.6 Å². The quantitative estimate of drug-likeness (QED) is 0.558. The van der Waals surface area contributed by atoms with Crippen LogP contribution in [-0.4, -0.2) is 49.7 Å². The molecule has 0 amide bonds. The topological polar surface area (TPSA) is 55.8 Å². The van der Waals surface area contributed by atoms with Crippen LogP contribution >= 0.6 is 0 Å². The van der Waals surface area contributed by atoms with Crippen LogP contribution < -0.4 is 0 Å². The van der Waals surface area contributed by atoms with Gasteiger partial charge < -0.3 is 9.47 Å². The monoisotopic (exact) mass is 413 g/mol. The van der Waals surface area contributed by atoms with E-state index in [1.54, 1.807) is 10.4 Å². The van der Waals surface area contributed by atoms with Crippen LogP contribution in [0, 0.1) is 13.8 Å². The van der Waals surface area contributed by atoms with Gasteiger partial charge >= 0.3 is 0 Å². The first-order valence-corrected chi connectivity index (χ1v) is 11.5. The van der Waals surface area contributed by atoms with Gasteiger partial charge in [-0.3, -0.25) is 0 Å². The third kappa shape index (κ3) is 6.83. The molecule has 0 saturated heterocycles. The van der Waals surface area contributed by atoms with Crippen LogP contribution in [0.25, 0.3) is 0 Å². The van der Waals surface area contributed by atoms with E-state index in [1.807, 2.05) is 74.4 Å². The minimum Gasteiger partial charge on any atom is -0.380 e. The Morgan fingerprint density at radius 3 is 2.25 bits per heavy atom. The Bertz CT molecular complexity index is 735. The predicted octanol–water partition coefficient (Wildman–Crippen LogP) is 4.70. The Hall–Kier alpha value is -0.950. The van der Waals surface area contributed by atoms with Gasteiger partial charge in [-0.05, 0) is 85.9 Å². The van der Waals surface area contributed by atoms with Crippen LogP contribution in [-0.2, 0) is 19.5 Å². The maximum Gasteiger partial charge on any atom is 0.244 e. The van der Waals surface area contributed by atoms with Crippen molar-refractivity contribution in [3.8, 4) is 0 Å². The predicted molar refractivity (Wildman–Crippen MR) is 115 cm³/mol. The third-order valence-electron chi connectivity index (χ3n) is 4.69. The molecule has 0 aromatic heterocycles. The van der Waals surface area contributed by atoms with Crippen molar-refractivity contribution < 1.29 is 17.9 Å². The summed E-state index contributed by atoms with van der Waals surface area (Å²) < 4.78 is 40.6. The molecular weight excluding hydrogens is 374 g/mol. The van der Waals surface area contributed by atoms with Crippen molar-refractivity contribution in [3.63, 3.8) is 0 Å². The van der Waals surface area contributed by atoms with E-state index in [9.17, 15) is 8.42 Å². The van der Waals surface area contributed by atoms with Gasteiger partial charge in [0.2, 0.25) is 10.0 Å². The fraction of sp³-hybridized carbons (Fsp3) is 0.727. The minimum atomic E-state index is -3.71. The molecule has 1 unspecified atom stereocenters. The molecule has 162 valence electrons. The molecule has 0 heterocycles. The molecule has 1 aromatic rings. The van der Waals surface area contributed by atoms with E-state index in [0.29, 0.717) is 31.1 Å². The van der Waals surface area contributed by atoms with Crippen molar-refractivity contribution in [1.29, 1.82) is 0 Å². The molecule has 0 aliphatic carbocycles. The van der Waals surface area contributed by atoms with Gasteiger partial charge in [0.05, 0.1) is 17.1 Å². The highest BCUT2D eigenvalue weighted by molar-refractivity contribution is 7.89.